The fourth-order valence-corrected chi connectivity index (χ4v) is 1.99. The number of nitrogens with one attached hydrogen (secondary N) is 2. The molecule has 1 rings (SSSR count). The number of likely N-dealkylation sites (N-methyl/N-ethyl adjacent to an activating group) is 1. The van der Waals surface area contributed by atoms with Gasteiger partial charge in [0.2, 0.25) is 5.91 Å². The van der Waals surface area contributed by atoms with Gasteiger partial charge in [0.25, 0.3) is 5.91 Å². The summed E-state index contributed by atoms with van der Waals surface area (Å²) in [7, 11) is 1.78. The van der Waals surface area contributed by atoms with E-state index in [0.717, 1.165) is 5.56 Å². The molecule has 1 aromatic carbocycles. The Labute approximate surface area is 144 Å². The van der Waals surface area contributed by atoms with Crippen LogP contribution in [0.5, 0.6) is 0 Å². The average molecular weight is 357 g/mol. The molecule has 25 heavy (non-hydrogen) atoms. The first kappa shape index (κ1) is 20.7. The van der Waals surface area contributed by atoms with Gasteiger partial charge in [0, 0.05) is 18.7 Å². The second kappa shape index (κ2) is 9.22. The Hall–Kier alpha value is -2.35. The molecule has 0 aromatic heterocycles. The van der Waals surface area contributed by atoms with Gasteiger partial charge >= 0.3 is 6.18 Å². The van der Waals surface area contributed by atoms with E-state index in [9.17, 15) is 22.8 Å². The van der Waals surface area contributed by atoms with Crippen molar-refractivity contribution in [2.75, 3.05) is 20.1 Å². The zero-order valence-electron chi connectivity index (χ0n) is 14.2. The number of nitrogens with zero attached hydrogens (tertiary/aromatic N) is 1. The van der Waals surface area contributed by atoms with E-state index in [-0.39, 0.29) is 17.5 Å². The number of hydrogen-bond acceptors (Lipinski definition) is 3. The van der Waals surface area contributed by atoms with E-state index < -0.39 is 18.6 Å². The summed E-state index contributed by atoms with van der Waals surface area (Å²) >= 11 is 0. The van der Waals surface area contributed by atoms with Crippen LogP contribution in [0.25, 0.3) is 0 Å². The minimum absolute atomic E-state index is 0.134. The van der Waals surface area contributed by atoms with Gasteiger partial charge in [-0.25, -0.2) is 0 Å². The number of carbonyl (C=O) groups excluding carboxylic acids is 2. The highest BCUT2D eigenvalue weighted by Gasteiger charge is 2.27. The maximum Gasteiger partial charge on any atom is 0.405 e. The predicted octanol–water partition coefficient (Wildman–Crippen LogP) is 2.10. The molecule has 138 valence electrons. The van der Waals surface area contributed by atoms with E-state index in [1.165, 1.54) is 12.1 Å². The van der Waals surface area contributed by atoms with Crippen LogP contribution in [0, 0.1) is 0 Å². The summed E-state index contributed by atoms with van der Waals surface area (Å²) in [6.45, 7) is 4.76. The number of carbonyl (C=O) groups is 2. The maximum absolute atomic E-state index is 12.1. The minimum atomic E-state index is -4.44. The predicted molar refractivity (Wildman–Crippen MR) is 89.0 cm³/mol. The quantitative estimate of drug-likeness (QED) is 0.701. The molecule has 1 atom stereocenters. The molecule has 2 N–H and O–H groups in total. The first-order valence-corrected chi connectivity index (χ1v) is 7.66. The normalized spacial score (nSPS) is 12.6. The summed E-state index contributed by atoms with van der Waals surface area (Å²) < 4.78 is 36.3. The van der Waals surface area contributed by atoms with E-state index >= 15 is 0 Å². The highest BCUT2D eigenvalue weighted by atomic mass is 19.4. The Balaban J connectivity index is 2.59. The number of benzene rings is 1. The van der Waals surface area contributed by atoms with Crippen LogP contribution in [0.15, 0.2) is 36.9 Å². The Morgan fingerprint density at radius 2 is 1.84 bits per heavy atom. The third-order valence-corrected chi connectivity index (χ3v) is 3.56. The van der Waals surface area contributed by atoms with Crippen LogP contribution in [0.2, 0.25) is 0 Å². The Kier molecular flexibility index (Phi) is 7.63. The van der Waals surface area contributed by atoms with Crippen LogP contribution in [0.4, 0.5) is 13.2 Å². The fourth-order valence-electron chi connectivity index (χ4n) is 1.99. The average Bonchev–Trinajstić information content (AvgIpc) is 2.56. The molecule has 5 nitrogen and oxygen atoms in total. The molecule has 0 aliphatic heterocycles. The Morgan fingerprint density at radius 3 is 2.36 bits per heavy atom. The molecular weight excluding hydrogens is 335 g/mol. The molecule has 0 heterocycles. The van der Waals surface area contributed by atoms with Crippen molar-refractivity contribution in [2.24, 2.45) is 0 Å². The van der Waals surface area contributed by atoms with Crippen molar-refractivity contribution in [2.45, 2.75) is 25.7 Å². The maximum atomic E-state index is 12.1. The number of halogens is 3. The van der Waals surface area contributed by atoms with Gasteiger partial charge < -0.3 is 10.6 Å². The van der Waals surface area contributed by atoms with Crippen molar-refractivity contribution < 1.29 is 22.8 Å². The highest BCUT2D eigenvalue weighted by molar-refractivity contribution is 5.94. The zero-order valence-corrected chi connectivity index (χ0v) is 14.2. The first-order valence-electron chi connectivity index (χ1n) is 7.66. The molecule has 1 aromatic rings. The molecule has 0 unspecified atom stereocenters. The third kappa shape index (κ3) is 7.38. The SMILES string of the molecule is C=CCNC(=O)[C@@H](C)N(C)Cc1ccc(C(=O)NCC(F)(F)F)cc1. The van der Waals surface area contributed by atoms with Gasteiger partial charge in [-0.1, -0.05) is 18.2 Å². The van der Waals surface area contributed by atoms with Gasteiger partial charge in [-0.15, -0.1) is 6.58 Å². The van der Waals surface area contributed by atoms with E-state index in [0.29, 0.717) is 13.1 Å². The fraction of sp³-hybridized carbons (Fsp3) is 0.412. The summed E-state index contributed by atoms with van der Waals surface area (Å²) in [6.07, 6.45) is -2.85. The monoisotopic (exact) mass is 357 g/mol. The molecule has 8 heteroatoms. The standard InChI is InChI=1S/C17H22F3N3O2/c1-4-9-21-15(24)12(2)23(3)10-13-5-7-14(8-6-13)16(25)22-11-17(18,19)20/h4-8,12H,1,9-11H2,2-3H3,(H,21,24)(H,22,25)/t12-/m1/s1. The number of amides is 2. The van der Waals surface area contributed by atoms with Crippen LogP contribution >= 0.6 is 0 Å². The Bertz CT molecular complexity index is 600. The van der Waals surface area contributed by atoms with Crippen LogP contribution in [0.1, 0.15) is 22.8 Å². The van der Waals surface area contributed by atoms with Crippen molar-refractivity contribution in [3.8, 4) is 0 Å². The molecule has 0 aliphatic carbocycles. The number of alkyl halides is 3. The van der Waals surface area contributed by atoms with Gasteiger partial charge in [0.15, 0.2) is 0 Å². The largest absolute Gasteiger partial charge is 0.405 e. The van der Waals surface area contributed by atoms with Crippen molar-refractivity contribution in [3.05, 3.63) is 48.0 Å². The molecular formula is C17H22F3N3O2. The molecule has 0 saturated carbocycles. The van der Waals surface area contributed by atoms with E-state index in [2.05, 4.69) is 11.9 Å². The van der Waals surface area contributed by atoms with Gasteiger partial charge in [-0.3, -0.25) is 14.5 Å². The van der Waals surface area contributed by atoms with Crippen molar-refractivity contribution in [1.29, 1.82) is 0 Å². The van der Waals surface area contributed by atoms with Crippen LogP contribution < -0.4 is 10.6 Å². The van der Waals surface area contributed by atoms with Crippen molar-refractivity contribution >= 4 is 11.8 Å². The van der Waals surface area contributed by atoms with E-state index in [1.54, 1.807) is 32.2 Å². The molecule has 0 spiro atoms. The zero-order chi connectivity index (χ0) is 19.0. The molecule has 0 fully saturated rings. The smallest absolute Gasteiger partial charge is 0.351 e. The van der Waals surface area contributed by atoms with Gasteiger partial charge in [-0.05, 0) is 31.7 Å². The van der Waals surface area contributed by atoms with Gasteiger partial charge in [-0.2, -0.15) is 13.2 Å². The number of hydrogen-bond donors (Lipinski definition) is 2. The van der Waals surface area contributed by atoms with Gasteiger partial charge in [0.1, 0.15) is 6.54 Å². The van der Waals surface area contributed by atoms with Crippen LogP contribution in [0.3, 0.4) is 0 Å². The second-order valence-electron chi connectivity index (χ2n) is 5.62. The summed E-state index contributed by atoms with van der Waals surface area (Å²) in [4.78, 5) is 25.3. The van der Waals surface area contributed by atoms with Crippen LogP contribution in [-0.4, -0.2) is 49.1 Å². The summed E-state index contributed by atoms with van der Waals surface area (Å²) in [5, 5.41) is 4.52. The number of rotatable bonds is 8. The molecule has 2 amide bonds. The van der Waals surface area contributed by atoms with Crippen molar-refractivity contribution in [1.82, 2.24) is 15.5 Å². The summed E-state index contributed by atoms with van der Waals surface area (Å²) in [5.74, 6) is -0.917. The minimum Gasteiger partial charge on any atom is -0.351 e. The lowest BCUT2D eigenvalue weighted by Gasteiger charge is -2.23. The molecule has 0 saturated heterocycles. The Morgan fingerprint density at radius 1 is 1.24 bits per heavy atom. The molecule has 0 bridgehead atoms. The summed E-state index contributed by atoms with van der Waals surface area (Å²) in [6, 6.07) is 5.84. The second-order valence-corrected chi connectivity index (χ2v) is 5.62. The van der Waals surface area contributed by atoms with Crippen LogP contribution in [-0.2, 0) is 11.3 Å². The lowest BCUT2D eigenvalue weighted by Crippen LogP contribution is -2.42. The lowest BCUT2D eigenvalue weighted by molar-refractivity contribution is -0.125. The third-order valence-electron chi connectivity index (χ3n) is 3.56. The van der Waals surface area contributed by atoms with E-state index in [4.69, 9.17) is 0 Å². The van der Waals surface area contributed by atoms with Crippen molar-refractivity contribution in [3.63, 3.8) is 0 Å². The topological polar surface area (TPSA) is 61.4 Å². The van der Waals surface area contributed by atoms with E-state index in [1.807, 2.05) is 10.2 Å². The lowest BCUT2D eigenvalue weighted by atomic mass is 10.1. The molecule has 0 aliphatic rings. The first-order chi connectivity index (χ1) is 11.6. The molecule has 0 radical (unpaired) electrons. The highest BCUT2D eigenvalue weighted by Crippen LogP contribution is 2.13. The van der Waals surface area contributed by atoms with Gasteiger partial charge in [0.05, 0.1) is 6.04 Å². The summed E-state index contributed by atoms with van der Waals surface area (Å²) in [5.41, 5.74) is 0.977.